The largest absolute Gasteiger partial charge is 0.368 e. The molecule has 0 spiro atoms. The lowest BCUT2D eigenvalue weighted by molar-refractivity contribution is 0.523. The molecule has 9 heteroatoms. The number of aromatic nitrogens is 1. The van der Waals surface area contributed by atoms with Crippen molar-refractivity contribution in [2.75, 3.05) is 22.7 Å². The fraction of sp³-hybridized carbons (Fsp3) is 0.312. The Kier molecular flexibility index (Phi) is 5.04. The summed E-state index contributed by atoms with van der Waals surface area (Å²) in [5.74, 6) is -2.20. The van der Waals surface area contributed by atoms with Crippen molar-refractivity contribution in [3.05, 3.63) is 46.9 Å². The lowest BCUT2D eigenvalue weighted by Gasteiger charge is -2.23. The summed E-state index contributed by atoms with van der Waals surface area (Å²) in [6, 6.07) is 5.28. The monoisotopic (exact) mass is 388 g/mol. The van der Waals surface area contributed by atoms with Crippen LogP contribution in [0.1, 0.15) is 13.3 Å². The van der Waals surface area contributed by atoms with Gasteiger partial charge in [0.1, 0.15) is 21.6 Å². The van der Waals surface area contributed by atoms with Crippen molar-refractivity contribution in [3.8, 4) is 0 Å². The molecule has 1 aliphatic rings. The first-order valence-electron chi connectivity index (χ1n) is 7.53. The summed E-state index contributed by atoms with van der Waals surface area (Å²) in [6.07, 6.45) is 0.704. The minimum atomic E-state index is -0.879. The molecule has 1 aromatic carbocycles. The molecule has 1 atom stereocenters. The number of benzene rings is 1. The number of anilines is 2. The van der Waals surface area contributed by atoms with E-state index in [1.54, 1.807) is 4.90 Å². The van der Waals surface area contributed by atoms with Crippen LogP contribution in [0, 0.1) is 17.6 Å². The van der Waals surface area contributed by atoms with Gasteiger partial charge in [0.25, 0.3) is 0 Å². The van der Waals surface area contributed by atoms with E-state index in [0.29, 0.717) is 31.5 Å². The van der Waals surface area contributed by atoms with E-state index in [2.05, 4.69) is 9.71 Å². The first kappa shape index (κ1) is 18.2. The Hall–Kier alpha value is -1.64. The molecule has 134 valence electrons. The third kappa shape index (κ3) is 3.96. The maximum absolute atomic E-state index is 14.6. The highest BCUT2D eigenvalue weighted by Gasteiger charge is 2.32. The number of rotatable bonds is 4. The molecule has 0 saturated carbocycles. The third-order valence-electron chi connectivity index (χ3n) is 3.92. The second kappa shape index (κ2) is 6.93. The summed E-state index contributed by atoms with van der Waals surface area (Å²) in [7, 11) is 0. The minimum absolute atomic E-state index is 0.141. The minimum Gasteiger partial charge on any atom is -0.368 e. The van der Waals surface area contributed by atoms with E-state index < -0.39 is 23.1 Å². The highest BCUT2D eigenvalue weighted by molar-refractivity contribution is 8.00. The third-order valence-corrected chi connectivity index (χ3v) is 5.16. The van der Waals surface area contributed by atoms with E-state index in [1.807, 2.05) is 6.92 Å². The van der Waals surface area contributed by atoms with Crippen molar-refractivity contribution in [1.82, 2.24) is 4.98 Å². The molecule has 2 aromatic rings. The van der Waals surface area contributed by atoms with Gasteiger partial charge in [-0.3, -0.25) is 0 Å². The molecule has 0 radical (unpaired) electrons. The van der Waals surface area contributed by atoms with E-state index in [-0.39, 0.29) is 21.4 Å². The van der Waals surface area contributed by atoms with Crippen LogP contribution in [0.3, 0.4) is 0 Å². The van der Waals surface area contributed by atoms with Crippen molar-refractivity contribution in [2.45, 2.75) is 23.8 Å². The summed E-state index contributed by atoms with van der Waals surface area (Å²) < 4.78 is 44.6. The van der Waals surface area contributed by atoms with Gasteiger partial charge in [0.2, 0.25) is 5.95 Å². The first-order chi connectivity index (χ1) is 11.8. The molecule has 1 saturated heterocycles. The molecule has 0 aliphatic carbocycles. The Morgan fingerprint density at radius 3 is 2.76 bits per heavy atom. The zero-order chi connectivity index (χ0) is 18.2. The van der Waals surface area contributed by atoms with Crippen LogP contribution < -0.4 is 15.4 Å². The van der Waals surface area contributed by atoms with Crippen LogP contribution in [0.25, 0.3) is 0 Å². The molecule has 25 heavy (non-hydrogen) atoms. The Labute approximate surface area is 152 Å². The zero-order valence-corrected chi connectivity index (χ0v) is 14.9. The lowest BCUT2D eigenvalue weighted by Crippen LogP contribution is -2.39. The van der Waals surface area contributed by atoms with Gasteiger partial charge in [-0.05, 0) is 37.4 Å². The number of nitrogens with zero attached hydrogens (tertiary/aromatic N) is 2. The van der Waals surface area contributed by atoms with Gasteiger partial charge in [-0.25, -0.2) is 13.8 Å². The van der Waals surface area contributed by atoms with Crippen molar-refractivity contribution < 1.29 is 13.2 Å². The van der Waals surface area contributed by atoms with Crippen LogP contribution in [-0.4, -0.2) is 23.6 Å². The van der Waals surface area contributed by atoms with Gasteiger partial charge in [0, 0.05) is 24.7 Å². The Morgan fingerprint density at radius 2 is 2.12 bits per heavy atom. The van der Waals surface area contributed by atoms with E-state index in [4.69, 9.17) is 17.3 Å². The Bertz CT molecular complexity index is 803. The van der Waals surface area contributed by atoms with Crippen LogP contribution in [-0.2, 0) is 0 Å². The number of halogens is 4. The average Bonchev–Trinajstić information content (AvgIpc) is 2.90. The SMILES string of the molecule is CC1(N)CCN(c2cc(F)c(SNc3cccc(F)n3)c(F)c2Cl)C1. The number of nitrogens with one attached hydrogen (secondary N) is 1. The van der Waals surface area contributed by atoms with Gasteiger partial charge in [0.15, 0.2) is 5.82 Å². The second-order valence-corrected chi connectivity index (χ2v) is 7.40. The van der Waals surface area contributed by atoms with Crippen molar-refractivity contribution in [1.29, 1.82) is 0 Å². The average molecular weight is 389 g/mol. The van der Waals surface area contributed by atoms with E-state index >= 15 is 0 Å². The van der Waals surface area contributed by atoms with Crippen LogP contribution in [0.15, 0.2) is 29.2 Å². The van der Waals surface area contributed by atoms with Crippen LogP contribution >= 0.6 is 23.5 Å². The molecule has 1 fully saturated rings. The maximum Gasteiger partial charge on any atom is 0.214 e. The van der Waals surface area contributed by atoms with E-state index in [0.717, 1.165) is 0 Å². The summed E-state index contributed by atoms with van der Waals surface area (Å²) in [4.78, 5) is 5.03. The Morgan fingerprint density at radius 1 is 1.36 bits per heavy atom. The van der Waals surface area contributed by atoms with Gasteiger partial charge >= 0.3 is 0 Å². The molecule has 1 aromatic heterocycles. The molecule has 3 rings (SSSR count). The highest BCUT2D eigenvalue weighted by Crippen LogP contribution is 2.39. The predicted octanol–water partition coefficient (Wildman–Crippen LogP) is 4.20. The molecule has 4 nitrogen and oxygen atoms in total. The smallest absolute Gasteiger partial charge is 0.214 e. The standard InChI is InChI=1S/C16H16ClF3N4S/c1-16(21)5-6-24(8-16)10-7-9(18)15(14(20)13(10)17)25-23-12-4-2-3-11(19)22-12/h2-4,7H,5-6,8,21H2,1H3,(H,22,23). The fourth-order valence-electron chi connectivity index (χ4n) is 2.65. The van der Waals surface area contributed by atoms with Crippen molar-refractivity contribution >= 4 is 35.1 Å². The van der Waals surface area contributed by atoms with Crippen LogP contribution in [0.2, 0.25) is 5.02 Å². The molecule has 1 unspecified atom stereocenters. The summed E-state index contributed by atoms with van der Waals surface area (Å²) in [6.45, 7) is 2.92. The number of nitrogens with two attached hydrogens (primary N) is 1. The normalized spacial score (nSPS) is 20.2. The summed E-state index contributed by atoms with van der Waals surface area (Å²) in [5.41, 5.74) is 5.92. The maximum atomic E-state index is 14.6. The van der Waals surface area contributed by atoms with Crippen LogP contribution in [0.5, 0.6) is 0 Å². The molecular formula is C16H16ClF3N4S. The fourth-order valence-corrected chi connectivity index (χ4v) is 3.64. The summed E-state index contributed by atoms with van der Waals surface area (Å²) >= 11 is 6.75. The number of pyridine rings is 1. The molecule has 2 heterocycles. The number of hydrogen-bond acceptors (Lipinski definition) is 5. The van der Waals surface area contributed by atoms with Gasteiger partial charge in [-0.1, -0.05) is 17.7 Å². The van der Waals surface area contributed by atoms with E-state index in [1.165, 1.54) is 24.3 Å². The van der Waals surface area contributed by atoms with Gasteiger partial charge < -0.3 is 15.4 Å². The molecule has 1 aliphatic heterocycles. The van der Waals surface area contributed by atoms with E-state index in [9.17, 15) is 13.2 Å². The Balaban J connectivity index is 1.83. The van der Waals surface area contributed by atoms with Gasteiger partial charge in [-0.15, -0.1) is 0 Å². The summed E-state index contributed by atoms with van der Waals surface area (Å²) in [5, 5.41) is -0.171. The molecule has 0 amide bonds. The van der Waals surface area contributed by atoms with Crippen molar-refractivity contribution in [2.24, 2.45) is 5.73 Å². The second-order valence-electron chi connectivity index (χ2n) is 6.21. The van der Waals surface area contributed by atoms with Crippen LogP contribution in [0.4, 0.5) is 24.7 Å². The molecular weight excluding hydrogens is 373 g/mol. The first-order valence-corrected chi connectivity index (χ1v) is 8.73. The number of hydrogen-bond donors (Lipinski definition) is 2. The highest BCUT2D eigenvalue weighted by atomic mass is 35.5. The van der Waals surface area contributed by atoms with Crippen molar-refractivity contribution in [3.63, 3.8) is 0 Å². The predicted molar refractivity (Wildman–Crippen MR) is 94.5 cm³/mol. The lowest BCUT2D eigenvalue weighted by atomic mass is 10.0. The van der Waals surface area contributed by atoms with Gasteiger partial charge in [-0.2, -0.15) is 4.39 Å². The van der Waals surface area contributed by atoms with Gasteiger partial charge in [0.05, 0.1) is 5.69 Å². The molecule has 3 N–H and O–H groups in total. The molecule has 0 bridgehead atoms. The quantitative estimate of drug-likeness (QED) is 0.467. The topological polar surface area (TPSA) is 54.2 Å². The zero-order valence-electron chi connectivity index (χ0n) is 13.3.